The normalized spacial score (nSPS) is 12.8. The van der Waals surface area contributed by atoms with Gasteiger partial charge in [0.05, 0.1) is 18.2 Å². The molecular formula is C13H19N3OS. The van der Waals surface area contributed by atoms with E-state index >= 15 is 0 Å². The Hall–Kier alpha value is -1.16. The van der Waals surface area contributed by atoms with Gasteiger partial charge in [0.25, 0.3) is 0 Å². The maximum absolute atomic E-state index is 8.56. The summed E-state index contributed by atoms with van der Waals surface area (Å²) in [4.78, 5) is 4.05. The molecule has 0 amide bonds. The molecule has 0 heterocycles. The van der Waals surface area contributed by atoms with E-state index in [9.17, 15) is 0 Å². The Morgan fingerprint density at radius 2 is 2.00 bits per heavy atom. The average molecular weight is 265 g/mol. The van der Waals surface area contributed by atoms with Crippen molar-refractivity contribution in [1.82, 2.24) is 0 Å². The van der Waals surface area contributed by atoms with Crippen molar-refractivity contribution >= 4 is 11.8 Å². The van der Waals surface area contributed by atoms with Gasteiger partial charge in [-0.25, -0.2) is 0 Å². The lowest BCUT2D eigenvalue weighted by atomic mass is 10.2. The van der Waals surface area contributed by atoms with Crippen molar-refractivity contribution in [2.45, 2.75) is 37.3 Å². The molecule has 0 aliphatic carbocycles. The van der Waals surface area contributed by atoms with Gasteiger partial charge in [-0.3, -0.25) is 0 Å². The van der Waals surface area contributed by atoms with Gasteiger partial charge in [0.2, 0.25) is 0 Å². The topological polar surface area (TPSA) is 58.0 Å². The van der Waals surface area contributed by atoms with Crippen molar-refractivity contribution in [3.8, 4) is 0 Å². The number of thioether (sulfide) groups is 1. The lowest BCUT2D eigenvalue weighted by Gasteiger charge is -2.22. The van der Waals surface area contributed by atoms with Crippen molar-refractivity contribution in [3.05, 3.63) is 40.8 Å². The maximum atomic E-state index is 8.56. The van der Waals surface area contributed by atoms with Crippen LogP contribution in [0.2, 0.25) is 0 Å². The van der Waals surface area contributed by atoms with Gasteiger partial charge >= 0.3 is 0 Å². The minimum Gasteiger partial charge on any atom is -0.375 e. The van der Waals surface area contributed by atoms with Crippen LogP contribution in [0.25, 0.3) is 10.4 Å². The van der Waals surface area contributed by atoms with Crippen LogP contribution in [0.1, 0.15) is 20.8 Å². The van der Waals surface area contributed by atoms with E-state index in [-0.39, 0.29) is 11.6 Å². The first-order chi connectivity index (χ1) is 8.51. The van der Waals surface area contributed by atoms with E-state index in [1.165, 1.54) is 4.90 Å². The molecule has 0 saturated carbocycles. The number of hydrogen-bond donors (Lipinski definition) is 0. The molecule has 0 fully saturated rings. The van der Waals surface area contributed by atoms with Crippen LogP contribution in [0, 0.1) is 0 Å². The SMILES string of the molecule is CC(C)(C)OCC(CSc1ccccc1)N=[N+]=[N-]. The summed E-state index contributed by atoms with van der Waals surface area (Å²) in [6, 6.07) is 9.93. The van der Waals surface area contributed by atoms with Gasteiger partial charge in [-0.05, 0) is 38.4 Å². The summed E-state index contributed by atoms with van der Waals surface area (Å²) in [5.41, 5.74) is 8.35. The Morgan fingerprint density at radius 1 is 1.33 bits per heavy atom. The van der Waals surface area contributed by atoms with Crippen LogP contribution in [0.15, 0.2) is 40.3 Å². The summed E-state index contributed by atoms with van der Waals surface area (Å²) in [5, 5.41) is 3.78. The van der Waals surface area contributed by atoms with Gasteiger partial charge in [0.15, 0.2) is 0 Å². The Balaban J connectivity index is 2.46. The number of ether oxygens (including phenoxy) is 1. The van der Waals surface area contributed by atoms with Crippen LogP contribution >= 0.6 is 11.8 Å². The molecule has 0 spiro atoms. The van der Waals surface area contributed by atoms with Gasteiger partial charge in [-0.15, -0.1) is 11.8 Å². The first kappa shape index (κ1) is 14.9. The second-order valence-corrected chi connectivity index (χ2v) is 6.00. The number of benzene rings is 1. The molecule has 4 nitrogen and oxygen atoms in total. The first-order valence-electron chi connectivity index (χ1n) is 5.87. The van der Waals surface area contributed by atoms with Crippen LogP contribution < -0.4 is 0 Å². The number of azide groups is 1. The lowest BCUT2D eigenvalue weighted by molar-refractivity contribution is -0.00739. The molecule has 18 heavy (non-hydrogen) atoms. The van der Waals surface area contributed by atoms with Crippen molar-refractivity contribution in [1.29, 1.82) is 0 Å². The van der Waals surface area contributed by atoms with Gasteiger partial charge in [-0.2, -0.15) is 0 Å². The predicted octanol–water partition coefficient (Wildman–Crippen LogP) is 4.27. The van der Waals surface area contributed by atoms with E-state index in [0.717, 1.165) is 5.75 Å². The summed E-state index contributed by atoms with van der Waals surface area (Å²) in [7, 11) is 0. The molecule has 1 aromatic carbocycles. The predicted molar refractivity (Wildman–Crippen MR) is 75.8 cm³/mol. The van der Waals surface area contributed by atoms with Gasteiger partial charge in [-0.1, -0.05) is 23.3 Å². The fourth-order valence-electron chi connectivity index (χ4n) is 1.24. The minimum atomic E-state index is -0.208. The van der Waals surface area contributed by atoms with E-state index in [4.69, 9.17) is 10.3 Å². The van der Waals surface area contributed by atoms with Crippen LogP contribution in [0.3, 0.4) is 0 Å². The molecule has 0 aromatic heterocycles. The molecule has 1 atom stereocenters. The number of hydrogen-bond acceptors (Lipinski definition) is 3. The summed E-state index contributed by atoms with van der Waals surface area (Å²) in [6.07, 6.45) is 0. The average Bonchev–Trinajstić information content (AvgIpc) is 2.33. The molecule has 1 aromatic rings. The monoisotopic (exact) mass is 265 g/mol. The fraction of sp³-hybridized carbons (Fsp3) is 0.538. The number of nitrogens with zero attached hydrogens (tertiary/aromatic N) is 3. The van der Waals surface area contributed by atoms with Crippen LogP contribution in [0.5, 0.6) is 0 Å². The summed E-state index contributed by atoms with van der Waals surface area (Å²) >= 11 is 1.67. The Morgan fingerprint density at radius 3 is 2.56 bits per heavy atom. The molecule has 0 radical (unpaired) electrons. The second-order valence-electron chi connectivity index (χ2n) is 4.91. The fourth-order valence-corrected chi connectivity index (χ4v) is 2.14. The smallest absolute Gasteiger partial charge is 0.0702 e. The highest BCUT2D eigenvalue weighted by Gasteiger charge is 2.14. The quantitative estimate of drug-likeness (QED) is 0.334. The van der Waals surface area contributed by atoms with Gasteiger partial charge < -0.3 is 4.74 Å². The summed E-state index contributed by atoms with van der Waals surface area (Å²) in [6.45, 7) is 6.42. The molecular weight excluding hydrogens is 246 g/mol. The summed E-state index contributed by atoms with van der Waals surface area (Å²) in [5.74, 6) is 0.726. The van der Waals surface area contributed by atoms with Gasteiger partial charge in [0.1, 0.15) is 0 Å². The molecule has 0 N–H and O–H groups in total. The Bertz CT molecular complexity index is 396. The third-order valence-corrected chi connectivity index (χ3v) is 3.27. The van der Waals surface area contributed by atoms with E-state index in [2.05, 4.69) is 10.0 Å². The molecule has 0 bridgehead atoms. The van der Waals surface area contributed by atoms with Crippen molar-refractivity contribution in [2.75, 3.05) is 12.4 Å². The molecule has 0 saturated heterocycles. The maximum Gasteiger partial charge on any atom is 0.0702 e. The first-order valence-corrected chi connectivity index (χ1v) is 6.86. The lowest BCUT2D eigenvalue weighted by Crippen LogP contribution is -2.26. The van der Waals surface area contributed by atoms with Crippen molar-refractivity contribution in [2.24, 2.45) is 5.11 Å². The molecule has 5 heteroatoms. The highest BCUT2D eigenvalue weighted by atomic mass is 32.2. The van der Waals surface area contributed by atoms with E-state index in [1.54, 1.807) is 11.8 Å². The largest absolute Gasteiger partial charge is 0.375 e. The third-order valence-electron chi connectivity index (χ3n) is 2.11. The van der Waals surface area contributed by atoms with Crippen LogP contribution in [0.4, 0.5) is 0 Å². The minimum absolute atomic E-state index is 0.139. The van der Waals surface area contributed by atoms with Gasteiger partial charge in [0, 0.05) is 15.6 Å². The zero-order valence-electron chi connectivity index (χ0n) is 11.0. The standard InChI is InChI=1S/C13H19N3OS/c1-13(2,3)17-9-11(15-16-14)10-18-12-7-5-4-6-8-12/h4-8,11H,9-10H2,1-3H3. The Labute approximate surface area is 112 Å². The third kappa shape index (κ3) is 6.55. The zero-order valence-corrected chi connectivity index (χ0v) is 11.9. The zero-order chi connectivity index (χ0) is 13.4. The Kier molecular flexibility index (Phi) is 6.05. The molecule has 1 rings (SSSR count). The number of rotatable bonds is 6. The van der Waals surface area contributed by atoms with E-state index in [0.29, 0.717) is 6.61 Å². The molecule has 0 aliphatic rings. The van der Waals surface area contributed by atoms with Crippen LogP contribution in [-0.2, 0) is 4.74 Å². The van der Waals surface area contributed by atoms with Crippen molar-refractivity contribution in [3.63, 3.8) is 0 Å². The van der Waals surface area contributed by atoms with E-state index < -0.39 is 0 Å². The molecule has 98 valence electrons. The highest BCUT2D eigenvalue weighted by Crippen LogP contribution is 2.20. The summed E-state index contributed by atoms with van der Waals surface area (Å²) < 4.78 is 5.65. The van der Waals surface area contributed by atoms with E-state index in [1.807, 2.05) is 51.1 Å². The van der Waals surface area contributed by atoms with Crippen molar-refractivity contribution < 1.29 is 4.74 Å². The van der Waals surface area contributed by atoms with Crippen LogP contribution in [-0.4, -0.2) is 24.0 Å². The second kappa shape index (κ2) is 7.31. The molecule has 0 aliphatic heterocycles. The highest BCUT2D eigenvalue weighted by molar-refractivity contribution is 7.99. The molecule has 1 unspecified atom stereocenters.